The van der Waals surface area contributed by atoms with Crippen LogP contribution in [0, 0.1) is 6.92 Å². The lowest BCUT2D eigenvalue weighted by Crippen LogP contribution is -2.18. The molecule has 0 atom stereocenters. The Labute approximate surface area is 111 Å². The highest BCUT2D eigenvalue weighted by Crippen LogP contribution is 2.31. The van der Waals surface area contributed by atoms with Crippen LogP contribution in [0.15, 0.2) is 22.6 Å². The fraction of sp³-hybridized carbons (Fsp3) is 0.286. The maximum absolute atomic E-state index is 11.3. The molecule has 0 aliphatic carbocycles. The van der Waals surface area contributed by atoms with Crippen LogP contribution in [-0.2, 0) is 11.2 Å². The van der Waals surface area contributed by atoms with E-state index in [4.69, 9.17) is 4.42 Å². The molecular weight excluding hydrogens is 242 g/mol. The van der Waals surface area contributed by atoms with Crippen LogP contribution in [0.25, 0.3) is 11.3 Å². The van der Waals surface area contributed by atoms with E-state index in [0.717, 1.165) is 34.7 Å². The van der Waals surface area contributed by atoms with Gasteiger partial charge in [0.05, 0.1) is 5.69 Å². The molecule has 5 heteroatoms. The smallest absolute Gasteiger partial charge is 0.295 e. The van der Waals surface area contributed by atoms with Gasteiger partial charge in [-0.15, -0.1) is 0 Å². The molecule has 0 spiro atoms. The van der Waals surface area contributed by atoms with Gasteiger partial charge in [-0.3, -0.25) is 4.79 Å². The van der Waals surface area contributed by atoms with Crippen LogP contribution in [0.1, 0.15) is 17.7 Å². The van der Waals surface area contributed by atoms with E-state index in [9.17, 15) is 4.79 Å². The van der Waals surface area contributed by atoms with Crippen molar-refractivity contribution < 1.29 is 9.21 Å². The number of hydrogen-bond acceptors (Lipinski definition) is 4. The monoisotopic (exact) mass is 257 g/mol. The number of rotatable bonds is 2. The number of nitrogens with zero attached hydrogens (tertiary/aromatic N) is 1. The standard InChI is InChI=1S/C14H15N3O2/c1-8-13(19-14(15-2)16-8)10-3-5-11-9(7-10)4-6-12(18)17-11/h3,5,7H,4,6H2,1-2H3,(H,15,16)(H,17,18). The fourth-order valence-corrected chi connectivity index (χ4v) is 2.30. The number of oxazole rings is 1. The first-order valence-corrected chi connectivity index (χ1v) is 6.25. The first-order valence-electron chi connectivity index (χ1n) is 6.25. The molecular formula is C14H15N3O2. The molecule has 0 saturated heterocycles. The molecule has 2 aromatic rings. The van der Waals surface area contributed by atoms with Gasteiger partial charge in [-0.1, -0.05) is 0 Å². The summed E-state index contributed by atoms with van der Waals surface area (Å²) in [4.78, 5) is 15.6. The third-order valence-corrected chi connectivity index (χ3v) is 3.27. The molecule has 0 radical (unpaired) electrons. The average molecular weight is 257 g/mol. The van der Waals surface area contributed by atoms with E-state index in [0.29, 0.717) is 12.4 Å². The number of hydrogen-bond donors (Lipinski definition) is 2. The third kappa shape index (κ3) is 2.07. The lowest BCUT2D eigenvalue weighted by atomic mass is 9.99. The van der Waals surface area contributed by atoms with Crippen molar-refractivity contribution in [2.75, 3.05) is 17.7 Å². The van der Waals surface area contributed by atoms with E-state index in [1.54, 1.807) is 7.05 Å². The molecule has 2 N–H and O–H groups in total. The number of benzene rings is 1. The third-order valence-electron chi connectivity index (χ3n) is 3.27. The number of nitrogens with one attached hydrogen (secondary N) is 2. The highest BCUT2D eigenvalue weighted by atomic mass is 16.4. The molecule has 19 heavy (non-hydrogen) atoms. The van der Waals surface area contributed by atoms with E-state index in [-0.39, 0.29) is 5.91 Å². The number of fused-ring (bicyclic) bond motifs is 1. The first-order chi connectivity index (χ1) is 9.17. The number of aryl methyl sites for hydroxylation is 2. The molecule has 0 bridgehead atoms. The number of carbonyl (C=O) groups excluding carboxylic acids is 1. The molecule has 0 saturated carbocycles. The second kappa shape index (κ2) is 4.42. The predicted octanol–water partition coefficient (Wildman–Crippen LogP) is 2.58. The van der Waals surface area contributed by atoms with Gasteiger partial charge < -0.3 is 15.1 Å². The molecule has 2 heterocycles. The SMILES string of the molecule is CNc1nc(C)c(-c2ccc3c(c2)CCC(=O)N3)o1. The summed E-state index contributed by atoms with van der Waals surface area (Å²) in [5.74, 6) is 0.845. The van der Waals surface area contributed by atoms with Gasteiger partial charge in [0.15, 0.2) is 5.76 Å². The molecule has 1 aliphatic rings. The van der Waals surface area contributed by atoms with Gasteiger partial charge in [-0.2, -0.15) is 4.98 Å². The highest BCUT2D eigenvalue weighted by Gasteiger charge is 2.17. The molecule has 1 amide bonds. The minimum Gasteiger partial charge on any atom is -0.423 e. The molecule has 5 nitrogen and oxygen atoms in total. The van der Waals surface area contributed by atoms with E-state index in [1.165, 1.54) is 0 Å². The second-order valence-corrected chi connectivity index (χ2v) is 4.60. The highest BCUT2D eigenvalue weighted by molar-refractivity contribution is 5.94. The van der Waals surface area contributed by atoms with Crippen LogP contribution in [0.3, 0.4) is 0 Å². The van der Waals surface area contributed by atoms with E-state index in [1.807, 2.05) is 19.1 Å². The Bertz CT molecular complexity index is 646. The Morgan fingerprint density at radius 1 is 1.37 bits per heavy atom. The minimum absolute atomic E-state index is 0.0774. The second-order valence-electron chi connectivity index (χ2n) is 4.60. The normalized spacial score (nSPS) is 13.9. The summed E-state index contributed by atoms with van der Waals surface area (Å²) >= 11 is 0. The maximum atomic E-state index is 11.3. The van der Waals surface area contributed by atoms with Crippen LogP contribution >= 0.6 is 0 Å². The van der Waals surface area contributed by atoms with Crippen molar-refractivity contribution in [2.24, 2.45) is 0 Å². The van der Waals surface area contributed by atoms with Gasteiger partial charge >= 0.3 is 0 Å². The number of aromatic nitrogens is 1. The van der Waals surface area contributed by atoms with Crippen LogP contribution in [-0.4, -0.2) is 17.9 Å². The van der Waals surface area contributed by atoms with Gasteiger partial charge in [0.2, 0.25) is 5.91 Å². The van der Waals surface area contributed by atoms with Crippen LogP contribution in [0.2, 0.25) is 0 Å². The predicted molar refractivity (Wildman–Crippen MR) is 73.2 cm³/mol. The van der Waals surface area contributed by atoms with E-state index in [2.05, 4.69) is 21.7 Å². The van der Waals surface area contributed by atoms with E-state index < -0.39 is 0 Å². The van der Waals surface area contributed by atoms with Crippen LogP contribution in [0.5, 0.6) is 0 Å². The molecule has 3 rings (SSSR count). The average Bonchev–Trinajstić information content (AvgIpc) is 2.79. The molecule has 0 unspecified atom stereocenters. The van der Waals surface area contributed by atoms with E-state index >= 15 is 0 Å². The molecule has 0 fully saturated rings. The zero-order valence-corrected chi connectivity index (χ0v) is 10.9. The molecule has 1 aromatic heterocycles. The number of amides is 1. The summed E-state index contributed by atoms with van der Waals surface area (Å²) in [6.45, 7) is 1.92. The number of carbonyl (C=O) groups is 1. The first kappa shape index (κ1) is 11.8. The summed E-state index contributed by atoms with van der Waals surface area (Å²) in [6, 6.07) is 6.43. The Kier molecular flexibility index (Phi) is 2.74. The molecule has 1 aliphatic heterocycles. The topological polar surface area (TPSA) is 67.2 Å². The summed E-state index contributed by atoms with van der Waals surface area (Å²) in [6.07, 6.45) is 1.30. The lowest BCUT2D eigenvalue weighted by Gasteiger charge is -2.17. The summed E-state index contributed by atoms with van der Waals surface area (Å²) in [5.41, 5.74) is 3.87. The fourth-order valence-electron chi connectivity index (χ4n) is 2.30. The minimum atomic E-state index is 0.0774. The zero-order valence-electron chi connectivity index (χ0n) is 10.9. The largest absolute Gasteiger partial charge is 0.423 e. The lowest BCUT2D eigenvalue weighted by molar-refractivity contribution is -0.116. The Hall–Kier alpha value is -2.30. The van der Waals surface area contributed by atoms with Crippen LogP contribution in [0.4, 0.5) is 11.7 Å². The van der Waals surface area contributed by atoms with Gasteiger partial charge in [-0.05, 0) is 37.1 Å². The van der Waals surface area contributed by atoms with Gasteiger partial charge in [-0.25, -0.2) is 0 Å². The van der Waals surface area contributed by atoms with Crippen molar-refractivity contribution in [2.45, 2.75) is 19.8 Å². The zero-order chi connectivity index (χ0) is 13.4. The van der Waals surface area contributed by atoms with Crippen molar-refractivity contribution in [3.05, 3.63) is 29.5 Å². The summed E-state index contributed by atoms with van der Waals surface area (Å²) in [7, 11) is 1.78. The Balaban J connectivity index is 2.02. The van der Waals surface area contributed by atoms with Gasteiger partial charge in [0, 0.05) is 24.7 Å². The van der Waals surface area contributed by atoms with Crippen molar-refractivity contribution in [3.63, 3.8) is 0 Å². The molecule has 1 aromatic carbocycles. The van der Waals surface area contributed by atoms with Crippen molar-refractivity contribution in [1.82, 2.24) is 4.98 Å². The van der Waals surface area contributed by atoms with Crippen molar-refractivity contribution in [1.29, 1.82) is 0 Å². The van der Waals surface area contributed by atoms with Crippen LogP contribution < -0.4 is 10.6 Å². The molecule has 98 valence electrons. The summed E-state index contributed by atoms with van der Waals surface area (Å²) < 4.78 is 5.65. The Morgan fingerprint density at radius 2 is 2.21 bits per heavy atom. The van der Waals surface area contributed by atoms with Gasteiger partial charge in [0.25, 0.3) is 6.01 Å². The Morgan fingerprint density at radius 3 is 2.95 bits per heavy atom. The summed E-state index contributed by atoms with van der Waals surface area (Å²) in [5, 5.41) is 5.76. The maximum Gasteiger partial charge on any atom is 0.295 e. The van der Waals surface area contributed by atoms with Gasteiger partial charge in [0.1, 0.15) is 0 Å². The quantitative estimate of drug-likeness (QED) is 0.867. The number of anilines is 2. The van der Waals surface area contributed by atoms with Crippen molar-refractivity contribution >= 4 is 17.6 Å². The van der Waals surface area contributed by atoms with Crippen molar-refractivity contribution in [3.8, 4) is 11.3 Å².